The molecule has 0 aliphatic rings. The number of benzene rings is 2. The summed E-state index contributed by atoms with van der Waals surface area (Å²) in [5.41, 5.74) is 3.34. The summed E-state index contributed by atoms with van der Waals surface area (Å²) >= 11 is 0. The molecular weight excluding hydrogens is 512 g/mol. The summed E-state index contributed by atoms with van der Waals surface area (Å²) < 4.78 is 57.8. The second kappa shape index (κ2) is 9.64. The zero-order chi connectivity index (χ0) is 28.1. The van der Waals surface area contributed by atoms with Crippen molar-refractivity contribution in [1.29, 1.82) is 0 Å². The highest BCUT2D eigenvalue weighted by atomic mass is 19.4. The highest BCUT2D eigenvalue weighted by Crippen LogP contribution is 2.33. The van der Waals surface area contributed by atoms with Gasteiger partial charge >= 0.3 is 6.18 Å². The number of carbonyl (C=O) groups excluding carboxylic acids is 1. The van der Waals surface area contributed by atoms with E-state index < -0.39 is 17.8 Å². The van der Waals surface area contributed by atoms with Crippen molar-refractivity contribution in [2.45, 2.75) is 40.4 Å². The number of hydrogen-bond acceptors (Lipinski definition) is 4. The molecule has 5 aromatic rings. The number of aromatic nitrogens is 5. The fraction of sp³-hybridized carbons (Fsp3) is 0.214. The average molecular weight is 537 g/mol. The Hall–Kier alpha value is -4.54. The highest BCUT2D eigenvalue weighted by molar-refractivity contribution is 6.04. The van der Waals surface area contributed by atoms with Crippen LogP contribution in [0.1, 0.15) is 44.3 Å². The number of carbonyl (C=O) groups is 1. The van der Waals surface area contributed by atoms with Gasteiger partial charge in [0.05, 0.1) is 29.3 Å². The number of rotatable bonds is 5. The van der Waals surface area contributed by atoms with E-state index in [-0.39, 0.29) is 29.4 Å². The van der Waals surface area contributed by atoms with Gasteiger partial charge in [-0.2, -0.15) is 23.4 Å². The molecule has 39 heavy (non-hydrogen) atoms. The van der Waals surface area contributed by atoms with Gasteiger partial charge in [-0.1, -0.05) is 24.3 Å². The zero-order valence-electron chi connectivity index (χ0n) is 21.6. The summed E-state index contributed by atoms with van der Waals surface area (Å²) in [6.45, 7) is 7.47. The first-order chi connectivity index (χ1) is 18.4. The van der Waals surface area contributed by atoms with Gasteiger partial charge in [0.25, 0.3) is 5.91 Å². The third-order valence-electron chi connectivity index (χ3n) is 6.59. The van der Waals surface area contributed by atoms with Crippen LogP contribution < -0.4 is 5.32 Å². The van der Waals surface area contributed by atoms with Gasteiger partial charge in [0.2, 0.25) is 0 Å². The van der Waals surface area contributed by atoms with Gasteiger partial charge in [-0.05, 0) is 68.7 Å². The predicted molar refractivity (Wildman–Crippen MR) is 138 cm³/mol. The number of fused-ring (bicyclic) bond motifs is 1. The SMILES string of the molecule is Cc1ccc(-c2cc(C(F)(F)F)n3nc(C(=O)Nc4c(C)nn(Cc5cccc(F)c5)c4C)cc3n2)cc1C. The van der Waals surface area contributed by atoms with Crippen molar-refractivity contribution in [2.24, 2.45) is 0 Å². The Morgan fingerprint density at radius 2 is 1.72 bits per heavy atom. The van der Waals surface area contributed by atoms with Crippen LogP contribution in [0, 0.1) is 33.5 Å². The number of hydrogen-bond donors (Lipinski definition) is 1. The molecule has 0 aliphatic carbocycles. The third-order valence-corrected chi connectivity index (χ3v) is 6.59. The normalized spacial score (nSPS) is 11.8. The van der Waals surface area contributed by atoms with Gasteiger partial charge < -0.3 is 5.32 Å². The number of anilines is 1. The molecule has 1 N–H and O–H groups in total. The maximum absolute atomic E-state index is 14.0. The second-order valence-corrected chi connectivity index (χ2v) is 9.41. The highest BCUT2D eigenvalue weighted by Gasteiger charge is 2.36. The minimum Gasteiger partial charge on any atom is -0.317 e. The summed E-state index contributed by atoms with van der Waals surface area (Å²) in [6.07, 6.45) is -4.74. The molecule has 0 bridgehead atoms. The molecule has 0 atom stereocenters. The van der Waals surface area contributed by atoms with Crippen LogP contribution in [0.4, 0.5) is 23.2 Å². The fourth-order valence-electron chi connectivity index (χ4n) is 4.35. The number of halogens is 4. The first-order valence-corrected chi connectivity index (χ1v) is 12.1. The lowest BCUT2D eigenvalue weighted by Crippen LogP contribution is -2.16. The van der Waals surface area contributed by atoms with E-state index in [9.17, 15) is 22.4 Å². The molecule has 5 rings (SSSR count). The van der Waals surface area contributed by atoms with Gasteiger partial charge in [0.15, 0.2) is 17.0 Å². The number of nitrogens with one attached hydrogen (secondary N) is 1. The Kier molecular flexibility index (Phi) is 6.45. The predicted octanol–water partition coefficient (Wildman–Crippen LogP) is 6.28. The van der Waals surface area contributed by atoms with Crippen LogP contribution in [0.15, 0.2) is 54.6 Å². The lowest BCUT2D eigenvalue weighted by molar-refractivity contribution is -0.142. The Morgan fingerprint density at radius 3 is 2.41 bits per heavy atom. The number of amides is 1. The molecule has 2 aromatic carbocycles. The molecular formula is C28H24F4N6O. The van der Waals surface area contributed by atoms with Crippen molar-refractivity contribution in [2.75, 3.05) is 5.32 Å². The second-order valence-electron chi connectivity index (χ2n) is 9.41. The van der Waals surface area contributed by atoms with Crippen LogP contribution in [-0.4, -0.2) is 30.3 Å². The van der Waals surface area contributed by atoms with Crippen molar-refractivity contribution in [3.63, 3.8) is 0 Å². The molecule has 0 saturated carbocycles. The van der Waals surface area contributed by atoms with E-state index in [1.807, 2.05) is 19.9 Å². The summed E-state index contributed by atoms with van der Waals surface area (Å²) in [7, 11) is 0. The van der Waals surface area contributed by atoms with Crippen LogP contribution >= 0.6 is 0 Å². The molecule has 7 nitrogen and oxygen atoms in total. The van der Waals surface area contributed by atoms with E-state index >= 15 is 0 Å². The van der Waals surface area contributed by atoms with Gasteiger partial charge in [-0.3, -0.25) is 9.48 Å². The Labute approximate surface area is 221 Å². The number of nitrogens with zero attached hydrogens (tertiary/aromatic N) is 5. The minimum atomic E-state index is -4.74. The van der Waals surface area contributed by atoms with E-state index in [1.165, 1.54) is 18.2 Å². The van der Waals surface area contributed by atoms with E-state index in [0.29, 0.717) is 32.7 Å². The molecule has 0 fully saturated rings. The van der Waals surface area contributed by atoms with E-state index in [0.717, 1.165) is 17.2 Å². The molecule has 0 radical (unpaired) electrons. The summed E-state index contributed by atoms with van der Waals surface area (Å²) in [4.78, 5) is 17.5. The van der Waals surface area contributed by atoms with E-state index in [1.54, 1.807) is 42.8 Å². The van der Waals surface area contributed by atoms with Gasteiger partial charge in [0.1, 0.15) is 5.82 Å². The zero-order valence-corrected chi connectivity index (χ0v) is 21.6. The molecule has 200 valence electrons. The van der Waals surface area contributed by atoms with Crippen molar-refractivity contribution in [3.8, 4) is 11.3 Å². The van der Waals surface area contributed by atoms with Crippen LogP contribution in [-0.2, 0) is 12.7 Å². The van der Waals surface area contributed by atoms with Crippen LogP contribution in [0.5, 0.6) is 0 Å². The maximum Gasteiger partial charge on any atom is 0.433 e. The van der Waals surface area contributed by atoms with Gasteiger partial charge in [-0.25, -0.2) is 13.9 Å². The van der Waals surface area contributed by atoms with Crippen molar-refractivity contribution < 1.29 is 22.4 Å². The van der Waals surface area contributed by atoms with Crippen LogP contribution in [0.25, 0.3) is 16.9 Å². The van der Waals surface area contributed by atoms with Crippen LogP contribution in [0.2, 0.25) is 0 Å². The molecule has 11 heteroatoms. The Balaban J connectivity index is 1.49. The fourth-order valence-corrected chi connectivity index (χ4v) is 4.35. The minimum absolute atomic E-state index is 0.113. The Bertz CT molecular complexity index is 1730. The summed E-state index contributed by atoms with van der Waals surface area (Å²) in [5.74, 6) is -1.08. The van der Waals surface area contributed by atoms with Crippen LogP contribution in [0.3, 0.4) is 0 Å². The largest absolute Gasteiger partial charge is 0.433 e. The van der Waals surface area contributed by atoms with Crippen molar-refractivity contribution in [3.05, 3.63) is 99.9 Å². The lowest BCUT2D eigenvalue weighted by Gasteiger charge is -2.11. The third kappa shape index (κ3) is 5.12. The maximum atomic E-state index is 14.0. The monoisotopic (exact) mass is 536 g/mol. The molecule has 0 aliphatic heterocycles. The first kappa shape index (κ1) is 26.1. The standard InChI is InChI=1S/C28H24F4N6O/c1-15-8-9-20(10-16(15)2)22-12-24(28(30,31)32)38-25(33-22)13-23(36-38)27(39)34-26-17(3)35-37(18(26)4)14-19-6-5-7-21(29)11-19/h5-13H,14H2,1-4H3,(H,34,39). The van der Waals surface area contributed by atoms with Gasteiger partial charge in [0, 0.05) is 11.6 Å². The van der Waals surface area contributed by atoms with Crippen molar-refractivity contribution >= 4 is 17.2 Å². The number of aryl methyl sites for hydroxylation is 3. The molecule has 0 unspecified atom stereocenters. The summed E-state index contributed by atoms with van der Waals surface area (Å²) in [5, 5.41) is 11.1. The smallest absolute Gasteiger partial charge is 0.317 e. The molecule has 3 heterocycles. The number of alkyl halides is 3. The molecule has 1 amide bonds. The first-order valence-electron chi connectivity index (χ1n) is 12.1. The average Bonchev–Trinajstić information content (AvgIpc) is 3.41. The molecule has 0 saturated heterocycles. The summed E-state index contributed by atoms with van der Waals surface area (Å²) in [6, 6.07) is 13.5. The molecule has 0 spiro atoms. The van der Waals surface area contributed by atoms with E-state index in [2.05, 4.69) is 20.5 Å². The quantitative estimate of drug-likeness (QED) is 0.268. The Morgan fingerprint density at radius 1 is 0.949 bits per heavy atom. The topological polar surface area (TPSA) is 77.1 Å². The lowest BCUT2D eigenvalue weighted by atomic mass is 10.0. The van der Waals surface area contributed by atoms with Crippen molar-refractivity contribution in [1.82, 2.24) is 24.4 Å². The van der Waals surface area contributed by atoms with E-state index in [4.69, 9.17) is 0 Å². The molecule has 3 aromatic heterocycles. The van der Waals surface area contributed by atoms with Gasteiger partial charge in [-0.15, -0.1) is 0 Å².